The number of carbonyl (C=O) groups excluding carboxylic acids is 1. The Morgan fingerprint density at radius 2 is 2.06 bits per heavy atom. The largest absolute Gasteiger partial charge is 0.460 e. The van der Waals surface area contributed by atoms with E-state index >= 15 is 0 Å². The molecule has 0 bridgehead atoms. The summed E-state index contributed by atoms with van der Waals surface area (Å²) < 4.78 is 6.13. The molecule has 0 aliphatic carbocycles. The lowest BCUT2D eigenvalue weighted by Crippen LogP contribution is -2.23. The summed E-state index contributed by atoms with van der Waals surface area (Å²) in [5.74, 6) is -0.0934. The molecular formula is C12H15BrO2S. The van der Waals surface area contributed by atoms with Crippen LogP contribution in [0.15, 0.2) is 28.7 Å². The molecule has 1 atom stereocenters. The van der Waals surface area contributed by atoms with Crippen LogP contribution in [-0.4, -0.2) is 11.2 Å². The van der Waals surface area contributed by atoms with Crippen LogP contribution in [0, 0.1) is 5.92 Å². The molecule has 2 nitrogen and oxygen atoms in total. The first-order valence-corrected chi connectivity index (χ1v) is 6.41. The summed E-state index contributed by atoms with van der Waals surface area (Å²) in [6.07, 6.45) is 0. The van der Waals surface area contributed by atoms with Crippen LogP contribution >= 0.6 is 28.6 Å². The van der Waals surface area contributed by atoms with E-state index in [0.29, 0.717) is 0 Å². The number of rotatable bonds is 4. The molecular weight excluding hydrogens is 288 g/mol. The van der Waals surface area contributed by atoms with Crippen molar-refractivity contribution in [1.82, 2.24) is 0 Å². The monoisotopic (exact) mass is 302 g/mol. The maximum atomic E-state index is 11.6. The van der Waals surface area contributed by atoms with E-state index in [1.807, 2.05) is 38.1 Å². The average molecular weight is 303 g/mol. The summed E-state index contributed by atoms with van der Waals surface area (Å²) in [6.45, 7) is 4.17. The van der Waals surface area contributed by atoms with E-state index in [1.165, 1.54) is 0 Å². The summed E-state index contributed by atoms with van der Waals surface area (Å²) in [5, 5.41) is -0.359. The van der Waals surface area contributed by atoms with Crippen molar-refractivity contribution in [2.45, 2.75) is 25.7 Å². The lowest BCUT2D eigenvalue weighted by atomic mass is 10.1. The Morgan fingerprint density at radius 3 is 2.62 bits per heavy atom. The highest BCUT2D eigenvalue weighted by Gasteiger charge is 2.19. The molecule has 0 N–H and O–H groups in total. The quantitative estimate of drug-likeness (QED) is 0.681. The zero-order chi connectivity index (χ0) is 12.1. The number of halogens is 1. The summed E-state index contributed by atoms with van der Waals surface area (Å²) in [7, 11) is 0. The van der Waals surface area contributed by atoms with Gasteiger partial charge in [0.15, 0.2) is 0 Å². The lowest BCUT2D eigenvalue weighted by molar-refractivity contribution is -0.145. The highest BCUT2D eigenvalue weighted by molar-refractivity contribution is 9.10. The Bertz CT molecular complexity index is 366. The Balaban J connectivity index is 2.52. The maximum Gasteiger partial charge on any atom is 0.319 e. The second-order valence-corrected chi connectivity index (χ2v) is 5.30. The van der Waals surface area contributed by atoms with Crippen molar-refractivity contribution in [2.75, 3.05) is 0 Å². The second-order valence-electron chi connectivity index (χ2n) is 3.89. The van der Waals surface area contributed by atoms with Gasteiger partial charge in [-0.3, -0.25) is 4.79 Å². The van der Waals surface area contributed by atoms with E-state index in [0.717, 1.165) is 10.0 Å². The number of ether oxygens (including phenoxy) is 1. The van der Waals surface area contributed by atoms with Crippen molar-refractivity contribution < 1.29 is 9.53 Å². The number of benzene rings is 1. The Morgan fingerprint density at radius 1 is 1.44 bits per heavy atom. The average Bonchev–Trinajstić information content (AvgIpc) is 2.26. The van der Waals surface area contributed by atoms with Crippen molar-refractivity contribution >= 4 is 34.5 Å². The van der Waals surface area contributed by atoms with Gasteiger partial charge < -0.3 is 4.74 Å². The van der Waals surface area contributed by atoms with Crippen molar-refractivity contribution in [2.24, 2.45) is 5.92 Å². The van der Waals surface area contributed by atoms with Gasteiger partial charge in [-0.05, 0) is 12.0 Å². The SMILES string of the molecule is CC(C)C(S)C(=O)OCc1ccccc1Br. The number of carbonyl (C=O) groups is 1. The number of hydrogen-bond donors (Lipinski definition) is 1. The van der Waals surface area contributed by atoms with Gasteiger partial charge in [0.2, 0.25) is 0 Å². The number of esters is 1. The predicted molar refractivity (Wildman–Crippen MR) is 71.6 cm³/mol. The van der Waals surface area contributed by atoms with Crippen LogP contribution in [0.1, 0.15) is 19.4 Å². The molecule has 1 aromatic rings. The van der Waals surface area contributed by atoms with E-state index < -0.39 is 0 Å². The van der Waals surface area contributed by atoms with Gasteiger partial charge in [0.1, 0.15) is 11.9 Å². The third kappa shape index (κ3) is 3.83. The van der Waals surface area contributed by atoms with Crippen LogP contribution in [0.25, 0.3) is 0 Å². The van der Waals surface area contributed by atoms with Gasteiger partial charge in [0.25, 0.3) is 0 Å². The van der Waals surface area contributed by atoms with Crippen molar-refractivity contribution in [3.05, 3.63) is 34.3 Å². The van der Waals surface area contributed by atoms with Gasteiger partial charge in [-0.15, -0.1) is 0 Å². The molecule has 0 aliphatic rings. The van der Waals surface area contributed by atoms with E-state index in [4.69, 9.17) is 4.74 Å². The molecule has 0 saturated carbocycles. The Kier molecular flexibility index (Phi) is 5.35. The van der Waals surface area contributed by atoms with Gasteiger partial charge in [-0.1, -0.05) is 48.0 Å². The van der Waals surface area contributed by atoms with Gasteiger partial charge in [-0.25, -0.2) is 0 Å². The maximum absolute atomic E-state index is 11.6. The molecule has 0 aromatic heterocycles. The summed E-state index contributed by atoms with van der Waals surface area (Å²) in [5.41, 5.74) is 0.958. The minimum atomic E-state index is -0.359. The van der Waals surface area contributed by atoms with Crippen LogP contribution < -0.4 is 0 Å². The number of thiol groups is 1. The fourth-order valence-corrected chi connectivity index (χ4v) is 1.60. The molecule has 1 unspecified atom stereocenters. The van der Waals surface area contributed by atoms with Crippen LogP contribution in [0.2, 0.25) is 0 Å². The fraction of sp³-hybridized carbons (Fsp3) is 0.417. The fourth-order valence-electron chi connectivity index (χ4n) is 1.12. The highest BCUT2D eigenvalue weighted by Crippen LogP contribution is 2.18. The Labute approximate surface area is 110 Å². The molecule has 0 amide bonds. The third-order valence-electron chi connectivity index (χ3n) is 2.20. The first kappa shape index (κ1) is 13.6. The van der Waals surface area contributed by atoms with Crippen molar-refractivity contribution in [3.63, 3.8) is 0 Å². The standard InChI is InChI=1S/C12H15BrO2S/c1-8(2)11(16)12(14)15-7-9-5-3-4-6-10(9)13/h3-6,8,11,16H,7H2,1-2H3. The summed E-state index contributed by atoms with van der Waals surface area (Å²) in [4.78, 5) is 11.6. The van der Waals surface area contributed by atoms with Gasteiger partial charge in [-0.2, -0.15) is 12.6 Å². The van der Waals surface area contributed by atoms with Crippen LogP contribution in [-0.2, 0) is 16.1 Å². The molecule has 0 aliphatic heterocycles. The normalized spacial score (nSPS) is 12.6. The third-order valence-corrected chi connectivity index (χ3v) is 3.78. The zero-order valence-electron chi connectivity index (χ0n) is 9.31. The molecule has 88 valence electrons. The first-order chi connectivity index (χ1) is 7.52. The number of hydrogen-bond acceptors (Lipinski definition) is 3. The second kappa shape index (κ2) is 6.30. The molecule has 1 rings (SSSR count). The molecule has 0 radical (unpaired) electrons. The zero-order valence-corrected chi connectivity index (χ0v) is 11.8. The molecule has 0 saturated heterocycles. The van der Waals surface area contributed by atoms with E-state index in [1.54, 1.807) is 0 Å². The summed E-state index contributed by atoms with van der Waals surface area (Å²) >= 11 is 7.61. The van der Waals surface area contributed by atoms with Gasteiger partial charge >= 0.3 is 5.97 Å². The smallest absolute Gasteiger partial charge is 0.319 e. The van der Waals surface area contributed by atoms with E-state index in [-0.39, 0.29) is 23.7 Å². The molecule has 4 heteroatoms. The van der Waals surface area contributed by atoms with Gasteiger partial charge in [0, 0.05) is 10.0 Å². The Hall–Kier alpha value is -0.480. The van der Waals surface area contributed by atoms with E-state index in [2.05, 4.69) is 28.6 Å². The molecule has 0 heterocycles. The molecule has 16 heavy (non-hydrogen) atoms. The molecule has 0 fully saturated rings. The highest BCUT2D eigenvalue weighted by atomic mass is 79.9. The minimum absolute atomic E-state index is 0.176. The van der Waals surface area contributed by atoms with Crippen LogP contribution in [0.4, 0.5) is 0 Å². The molecule has 1 aromatic carbocycles. The topological polar surface area (TPSA) is 26.3 Å². The van der Waals surface area contributed by atoms with Crippen LogP contribution in [0.5, 0.6) is 0 Å². The predicted octanol–water partition coefficient (Wildman–Crippen LogP) is 3.45. The summed E-state index contributed by atoms with van der Waals surface area (Å²) in [6, 6.07) is 7.67. The van der Waals surface area contributed by atoms with Gasteiger partial charge in [0.05, 0.1) is 0 Å². The van der Waals surface area contributed by atoms with E-state index in [9.17, 15) is 4.79 Å². The van der Waals surface area contributed by atoms with Crippen LogP contribution in [0.3, 0.4) is 0 Å². The van der Waals surface area contributed by atoms with Crippen molar-refractivity contribution in [3.8, 4) is 0 Å². The lowest BCUT2D eigenvalue weighted by Gasteiger charge is -2.14. The first-order valence-electron chi connectivity index (χ1n) is 5.10. The molecule has 0 spiro atoms. The minimum Gasteiger partial charge on any atom is -0.460 e. The van der Waals surface area contributed by atoms with Crippen molar-refractivity contribution in [1.29, 1.82) is 0 Å².